The topological polar surface area (TPSA) is 0 Å². The van der Waals surface area contributed by atoms with E-state index in [9.17, 15) is 0 Å². The van der Waals surface area contributed by atoms with Crippen LogP contribution in [0.15, 0.2) is 127 Å². The van der Waals surface area contributed by atoms with Crippen molar-refractivity contribution in [2.75, 3.05) is 0 Å². The first-order valence-electron chi connectivity index (χ1n) is 10.8. The highest BCUT2D eigenvalue weighted by Crippen LogP contribution is 2.59. The van der Waals surface area contributed by atoms with Gasteiger partial charge < -0.3 is 0 Å². The third-order valence-electron chi connectivity index (χ3n) is 6.11. The predicted molar refractivity (Wildman–Crippen MR) is 138 cm³/mol. The van der Waals surface area contributed by atoms with Crippen LogP contribution in [0.2, 0.25) is 0 Å². The fourth-order valence-corrected chi connectivity index (χ4v) is 9.02. The van der Waals surface area contributed by atoms with E-state index in [2.05, 4.69) is 134 Å². The zero-order chi connectivity index (χ0) is 21.1. The Morgan fingerprint density at radius 1 is 0.516 bits per heavy atom. The van der Waals surface area contributed by atoms with Crippen molar-refractivity contribution in [3.05, 3.63) is 139 Å². The summed E-state index contributed by atoms with van der Waals surface area (Å²) in [5, 5.41) is 6.99. The van der Waals surface area contributed by atoms with Gasteiger partial charge in [0.25, 0.3) is 0 Å². The van der Waals surface area contributed by atoms with E-state index >= 15 is 0 Å². The summed E-state index contributed by atoms with van der Waals surface area (Å²) in [5.41, 5.74) is 2.68. The van der Waals surface area contributed by atoms with Gasteiger partial charge in [-0.25, -0.2) is 0 Å². The zero-order valence-corrected chi connectivity index (χ0v) is 18.7. The summed E-state index contributed by atoms with van der Waals surface area (Å²) >= 11 is 0. The second-order valence-corrected chi connectivity index (χ2v) is 11.6. The lowest BCUT2D eigenvalue weighted by atomic mass is 10.1. The minimum absolute atomic E-state index is 1.01. The normalized spacial score (nSPS) is 13.1. The van der Waals surface area contributed by atoms with Gasteiger partial charge in [-0.05, 0) is 48.2 Å². The van der Waals surface area contributed by atoms with Gasteiger partial charge in [0, 0.05) is 5.39 Å². The van der Waals surface area contributed by atoms with E-state index in [0.29, 0.717) is 0 Å². The Hall–Kier alpha value is -3.21. The molecule has 0 aromatic heterocycles. The molecule has 150 valence electrons. The van der Waals surface area contributed by atoms with Crippen LogP contribution in [0.4, 0.5) is 0 Å². The molecule has 1 unspecified atom stereocenters. The van der Waals surface area contributed by atoms with Gasteiger partial charge in [0.05, 0.1) is 6.16 Å². The quantitative estimate of drug-likeness (QED) is 0.281. The molecular formula is C30H26P+. The molecule has 0 spiro atoms. The van der Waals surface area contributed by atoms with Gasteiger partial charge in [-0.15, -0.1) is 0 Å². The molecule has 0 aliphatic heterocycles. The van der Waals surface area contributed by atoms with Gasteiger partial charge in [-0.3, -0.25) is 0 Å². The van der Waals surface area contributed by atoms with Gasteiger partial charge in [0.2, 0.25) is 0 Å². The van der Waals surface area contributed by atoms with Crippen LogP contribution < -0.4 is 15.9 Å². The van der Waals surface area contributed by atoms with Crippen LogP contribution in [-0.2, 0) is 6.16 Å². The average molecular weight is 418 g/mol. The molecule has 5 rings (SSSR count). The molecule has 0 saturated heterocycles. The van der Waals surface area contributed by atoms with Crippen LogP contribution in [-0.4, -0.2) is 0 Å². The third-order valence-corrected chi connectivity index (χ3v) is 10.5. The number of rotatable bonds is 5. The maximum Gasteiger partial charge on any atom is 0.117 e. The lowest BCUT2D eigenvalue weighted by molar-refractivity contribution is 1.39. The fraction of sp³-hybridized carbons (Fsp3) is 0.0667. The molecule has 0 heterocycles. The molecular weight excluding hydrogens is 391 g/mol. The van der Waals surface area contributed by atoms with Crippen LogP contribution in [0.25, 0.3) is 10.8 Å². The molecule has 0 radical (unpaired) electrons. The van der Waals surface area contributed by atoms with Crippen molar-refractivity contribution in [2.24, 2.45) is 0 Å². The molecule has 0 N–H and O–H groups in total. The maximum atomic E-state index is 2.37. The largest absolute Gasteiger partial charge is 0.117 e. The Balaban J connectivity index is 1.89. The molecule has 0 amide bonds. The van der Waals surface area contributed by atoms with E-state index in [4.69, 9.17) is 0 Å². The molecule has 0 aliphatic rings. The average Bonchev–Trinajstić information content (AvgIpc) is 2.84. The highest BCUT2D eigenvalue weighted by Gasteiger charge is 2.46. The van der Waals surface area contributed by atoms with Crippen molar-refractivity contribution in [1.29, 1.82) is 0 Å². The van der Waals surface area contributed by atoms with Gasteiger partial charge in [-0.2, -0.15) is 0 Å². The Morgan fingerprint density at radius 2 is 1.10 bits per heavy atom. The number of hydrogen-bond acceptors (Lipinski definition) is 0. The van der Waals surface area contributed by atoms with Crippen LogP contribution in [0, 0.1) is 6.92 Å². The molecule has 31 heavy (non-hydrogen) atoms. The van der Waals surface area contributed by atoms with E-state index in [1.54, 1.807) is 0 Å². The first-order valence-corrected chi connectivity index (χ1v) is 12.8. The van der Waals surface area contributed by atoms with Gasteiger partial charge in [0.15, 0.2) is 0 Å². The van der Waals surface area contributed by atoms with E-state index in [-0.39, 0.29) is 0 Å². The Morgan fingerprint density at radius 3 is 1.84 bits per heavy atom. The molecule has 5 aromatic carbocycles. The smallest absolute Gasteiger partial charge is 0.0622 e. The zero-order valence-electron chi connectivity index (χ0n) is 17.8. The number of fused-ring (bicyclic) bond motifs is 1. The van der Waals surface area contributed by atoms with Crippen LogP contribution in [0.5, 0.6) is 0 Å². The second kappa shape index (κ2) is 8.50. The second-order valence-electron chi connectivity index (χ2n) is 8.12. The molecule has 0 aliphatic carbocycles. The van der Waals surface area contributed by atoms with Crippen molar-refractivity contribution in [3.8, 4) is 0 Å². The monoisotopic (exact) mass is 417 g/mol. The van der Waals surface area contributed by atoms with Crippen molar-refractivity contribution in [1.82, 2.24) is 0 Å². The highest BCUT2D eigenvalue weighted by atomic mass is 31.2. The molecule has 1 atom stereocenters. The van der Waals surface area contributed by atoms with Crippen LogP contribution in [0.1, 0.15) is 11.1 Å². The van der Waals surface area contributed by atoms with E-state index in [1.807, 2.05) is 0 Å². The lowest BCUT2D eigenvalue weighted by Crippen LogP contribution is -2.33. The summed E-state index contributed by atoms with van der Waals surface area (Å²) in [6.45, 7) is 2.17. The Labute approximate surface area is 185 Å². The Kier molecular flexibility index (Phi) is 5.41. The Bertz CT molecular complexity index is 1290. The first kappa shape index (κ1) is 19.7. The van der Waals surface area contributed by atoms with E-state index in [1.165, 1.54) is 37.8 Å². The maximum absolute atomic E-state index is 2.37. The van der Waals surface area contributed by atoms with Gasteiger partial charge in [0.1, 0.15) is 23.2 Å². The molecule has 0 bridgehead atoms. The summed E-state index contributed by atoms with van der Waals surface area (Å²) < 4.78 is 0. The number of benzene rings is 5. The van der Waals surface area contributed by atoms with Crippen LogP contribution >= 0.6 is 7.26 Å². The summed E-state index contributed by atoms with van der Waals surface area (Å²) in [7, 11) is -1.94. The SMILES string of the molecule is Cc1ccc([P+](Cc2ccccc2)(c2ccccc2)c2cccc3ccccc23)cc1. The summed E-state index contributed by atoms with van der Waals surface area (Å²) in [5.74, 6) is 0. The fourth-order valence-electron chi connectivity index (χ4n) is 4.58. The summed E-state index contributed by atoms with van der Waals surface area (Å²) in [6.07, 6.45) is 1.01. The van der Waals surface area contributed by atoms with E-state index in [0.717, 1.165) is 6.16 Å². The first-order chi connectivity index (χ1) is 15.3. The third kappa shape index (κ3) is 3.69. The standard InChI is InChI=1S/C30H26P/c1-24-19-21-28(22-20-24)31(27-15-6-3-7-16-27,23-25-11-4-2-5-12-25)30-18-10-14-26-13-8-9-17-29(26)30/h2-22H,23H2,1H3/q+1. The molecule has 0 fully saturated rings. The highest BCUT2D eigenvalue weighted by molar-refractivity contribution is 7.95. The van der Waals surface area contributed by atoms with Gasteiger partial charge >= 0.3 is 0 Å². The predicted octanol–water partition coefficient (Wildman–Crippen LogP) is 6.64. The summed E-state index contributed by atoms with van der Waals surface area (Å²) in [4.78, 5) is 0. The minimum atomic E-state index is -1.94. The van der Waals surface area contributed by atoms with E-state index < -0.39 is 7.26 Å². The molecule has 1 heteroatoms. The lowest BCUT2D eigenvalue weighted by Gasteiger charge is -2.29. The number of aryl methyl sites for hydroxylation is 1. The van der Waals surface area contributed by atoms with Crippen LogP contribution in [0.3, 0.4) is 0 Å². The summed E-state index contributed by atoms with van der Waals surface area (Å²) in [6, 6.07) is 47.1. The number of hydrogen-bond donors (Lipinski definition) is 0. The minimum Gasteiger partial charge on any atom is -0.0622 e. The van der Waals surface area contributed by atoms with Crippen molar-refractivity contribution in [3.63, 3.8) is 0 Å². The molecule has 5 aromatic rings. The van der Waals surface area contributed by atoms with Gasteiger partial charge in [-0.1, -0.05) is 103 Å². The van der Waals surface area contributed by atoms with Crippen molar-refractivity contribution < 1.29 is 0 Å². The van der Waals surface area contributed by atoms with Crippen molar-refractivity contribution >= 4 is 33.9 Å². The molecule has 0 saturated carbocycles. The molecule has 0 nitrogen and oxygen atoms in total. The van der Waals surface area contributed by atoms with Crippen molar-refractivity contribution in [2.45, 2.75) is 13.1 Å².